The van der Waals surface area contributed by atoms with E-state index in [1.807, 2.05) is 19.1 Å². The number of carbonyl (C=O) groups excluding carboxylic acids is 2. The first kappa shape index (κ1) is 17.2. The van der Waals surface area contributed by atoms with Crippen LogP contribution < -0.4 is 5.32 Å². The van der Waals surface area contributed by atoms with E-state index in [1.54, 1.807) is 32.0 Å². The zero-order valence-corrected chi connectivity index (χ0v) is 14.2. The topological polar surface area (TPSA) is 58.6 Å². The normalized spacial score (nSPS) is 11.0. The minimum absolute atomic E-state index is 0.0378. The molecule has 1 rings (SSSR count). The predicted octanol–water partition coefficient (Wildman–Crippen LogP) is 2.70. The van der Waals surface area contributed by atoms with Gasteiger partial charge in [0.25, 0.3) is 5.91 Å². The summed E-state index contributed by atoms with van der Waals surface area (Å²) in [5.41, 5.74) is 1.51. The van der Waals surface area contributed by atoms with E-state index >= 15 is 0 Å². The van der Waals surface area contributed by atoms with Crippen LogP contribution in [0.25, 0.3) is 0 Å². The lowest BCUT2D eigenvalue weighted by Gasteiger charge is -2.13. The van der Waals surface area contributed by atoms with Gasteiger partial charge in [0.2, 0.25) is 0 Å². The van der Waals surface area contributed by atoms with Crippen LogP contribution in [0.4, 0.5) is 5.69 Å². The van der Waals surface area contributed by atoms with Gasteiger partial charge >= 0.3 is 5.97 Å². The summed E-state index contributed by atoms with van der Waals surface area (Å²) < 4.78 is 5.83. The fourth-order valence-electron chi connectivity index (χ4n) is 1.63. The minimum Gasteiger partial charge on any atom is -0.462 e. The first-order valence-electron chi connectivity index (χ1n) is 6.48. The lowest BCUT2D eigenvalue weighted by atomic mass is 10.2. The van der Waals surface area contributed by atoms with Crippen molar-refractivity contribution in [3.05, 3.63) is 40.0 Å². The second-order valence-corrected chi connectivity index (χ2v) is 5.56. The number of anilines is 1. The average molecular weight is 355 g/mol. The zero-order chi connectivity index (χ0) is 16.0. The maximum absolute atomic E-state index is 12.3. The van der Waals surface area contributed by atoms with Gasteiger partial charge in [-0.25, -0.2) is 4.79 Å². The number of hydrogen-bond acceptors (Lipinski definition) is 4. The van der Waals surface area contributed by atoms with Crippen molar-refractivity contribution in [2.24, 2.45) is 0 Å². The number of benzene rings is 1. The fraction of sp³-hybridized carbons (Fsp3) is 0.333. The molecule has 0 aliphatic rings. The van der Waals surface area contributed by atoms with Crippen molar-refractivity contribution >= 4 is 33.5 Å². The lowest BCUT2D eigenvalue weighted by molar-refractivity contribution is -0.139. The number of hydrogen-bond donors (Lipinski definition) is 1. The molecule has 0 saturated carbocycles. The van der Waals surface area contributed by atoms with Crippen molar-refractivity contribution in [1.29, 1.82) is 0 Å². The summed E-state index contributed by atoms with van der Waals surface area (Å²) in [6, 6.07) is 5.48. The second kappa shape index (κ2) is 7.83. The molecule has 21 heavy (non-hydrogen) atoms. The first-order valence-corrected chi connectivity index (χ1v) is 7.27. The Hall–Kier alpha value is -1.82. The number of amides is 1. The standard InChI is InChI=1S/C15H19BrN2O3/c1-5-21-15(20)12(9-18(3)4)14(19)17-13-7-6-11(16)8-10(13)2/h6-9H,5H2,1-4H3,(H,17,19)/b12-9-. The molecule has 0 radical (unpaired) electrons. The molecule has 0 aliphatic heterocycles. The number of halogens is 1. The molecule has 0 aromatic heterocycles. The zero-order valence-electron chi connectivity index (χ0n) is 12.6. The van der Waals surface area contributed by atoms with Crippen molar-refractivity contribution in [2.75, 3.05) is 26.0 Å². The van der Waals surface area contributed by atoms with Crippen LogP contribution in [0.5, 0.6) is 0 Å². The maximum Gasteiger partial charge on any atom is 0.345 e. The molecule has 1 aromatic rings. The monoisotopic (exact) mass is 354 g/mol. The summed E-state index contributed by atoms with van der Waals surface area (Å²) >= 11 is 3.36. The second-order valence-electron chi connectivity index (χ2n) is 4.64. The minimum atomic E-state index is -0.640. The highest BCUT2D eigenvalue weighted by molar-refractivity contribution is 9.10. The van der Waals surface area contributed by atoms with E-state index in [0.717, 1.165) is 10.0 Å². The number of rotatable bonds is 5. The molecule has 0 unspecified atom stereocenters. The van der Waals surface area contributed by atoms with Gasteiger partial charge in [-0.3, -0.25) is 4.79 Å². The summed E-state index contributed by atoms with van der Waals surface area (Å²) in [4.78, 5) is 25.8. The van der Waals surface area contributed by atoms with E-state index in [2.05, 4.69) is 21.2 Å². The summed E-state index contributed by atoms with van der Waals surface area (Å²) in [6.07, 6.45) is 1.45. The number of aryl methyl sites for hydroxylation is 1. The third kappa shape index (κ3) is 5.23. The molecule has 0 atom stereocenters. The van der Waals surface area contributed by atoms with Crippen molar-refractivity contribution in [1.82, 2.24) is 4.90 Å². The molecule has 0 heterocycles. The predicted molar refractivity (Wildman–Crippen MR) is 85.9 cm³/mol. The van der Waals surface area contributed by atoms with E-state index < -0.39 is 11.9 Å². The Balaban J connectivity index is 2.98. The Bertz CT molecular complexity index is 568. The summed E-state index contributed by atoms with van der Waals surface area (Å²) in [7, 11) is 3.47. The van der Waals surface area contributed by atoms with Gasteiger partial charge in [-0.05, 0) is 37.6 Å². The van der Waals surface area contributed by atoms with E-state index in [9.17, 15) is 9.59 Å². The molecule has 0 bridgehead atoms. The summed E-state index contributed by atoms with van der Waals surface area (Å²) in [5.74, 6) is -1.13. The number of esters is 1. The molecule has 1 amide bonds. The van der Waals surface area contributed by atoms with E-state index in [-0.39, 0.29) is 12.2 Å². The number of carbonyl (C=O) groups is 2. The molecule has 0 spiro atoms. The van der Waals surface area contributed by atoms with Gasteiger partial charge in [0.05, 0.1) is 6.61 Å². The quantitative estimate of drug-likeness (QED) is 0.382. The Morgan fingerprint density at radius 3 is 2.57 bits per heavy atom. The molecule has 1 aromatic carbocycles. The maximum atomic E-state index is 12.3. The number of nitrogens with one attached hydrogen (secondary N) is 1. The highest BCUT2D eigenvalue weighted by Gasteiger charge is 2.20. The molecule has 0 saturated heterocycles. The Morgan fingerprint density at radius 1 is 1.38 bits per heavy atom. The Morgan fingerprint density at radius 2 is 2.05 bits per heavy atom. The van der Waals surface area contributed by atoms with Gasteiger partial charge < -0.3 is 15.0 Å². The summed E-state index contributed by atoms with van der Waals surface area (Å²) in [6.45, 7) is 3.79. The van der Waals surface area contributed by atoms with Gasteiger partial charge in [-0.2, -0.15) is 0 Å². The van der Waals surface area contributed by atoms with Crippen LogP contribution in [0.3, 0.4) is 0 Å². The van der Waals surface area contributed by atoms with Gasteiger partial charge in [-0.15, -0.1) is 0 Å². The number of ether oxygens (including phenoxy) is 1. The highest BCUT2D eigenvalue weighted by atomic mass is 79.9. The SMILES string of the molecule is CCOC(=O)/C(=C\N(C)C)C(=O)Nc1ccc(Br)cc1C. The van der Waals surface area contributed by atoms with Gasteiger partial charge in [0.1, 0.15) is 5.57 Å². The molecule has 6 heteroatoms. The first-order chi connectivity index (χ1) is 9.85. The van der Waals surface area contributed by atoms with Crippen molar-refractivity contribution in [3.8, 4) is 0 Å². The molecule has 5 nitrogen and oxygen atoms in total. The molecule has 0 aliphatic carbocycles. The summed E-state index contributed by atoms with van der Waals surface area (Å²) in [5, 5.41) is 2.73. The largest absolute Gasteiger partial charge is 0.462 e. The fourth-order valence-corrected chi connectivity index (χ4v) is 2.10. The van der Waals surface area contributed by atoms with Crippen LogP contribution in [0.1, 0.15) is 12.5 Å². The van der Waals surface area contributed by atoms with Crippen LogP contribution in [-0.2, 0) is 14.3 Å². The van der Waals surface area contributed by atoms with Gasteiger partial charge in [-0.1, -0.05) is 15.9 Å². The number of nitrogens with zero attached hydrogens (tertiary/aromatic N) is 1. The smallest absolute Gasteiger partial charge is 0.345 e. The Kier molecular flexibility index (Phi) is 6.42. The van der Waals surface area contributed by atoms with Crippen molar-refractivity contribution < 1.29 is 14.3 Å². The Labute approximate surface area is 133 Å². The molecule has 1 N–H and O–H groups in total. The molecular formula is C15H19BrN2O3. The van der Waals surface area contributed by atoms with Crippen LogP contribution in [0.2, 0.25) is 0 Å². The van der Waals surface area contributed by atoms with Crippen LogP contribution >= 0.6 is 15.9 Å². The third-order valence-corrected chi connectivity index (χ3v) is 3.06. The lowest BCUT2D eigenvalue weighted by Crippen LogP contribution is -2.24. The molecule has 114 valence electrons. The van der Waals surface area contributed by atoms with E-state index in [4.69, 9.17) is 4.74 Å². The van der Waals surface area contributed by atoms with Crippen LogP contribution in [0, 0.1) is 6.92 Å². The highest BCUT2D eigenvalue weighted by Crippen LogP contribution is 2.20. The van der Waals surface area contributed by atoms with Gasteiger partial charge in [0, 0.05) is 30.5 Å². The third-order valence-electron chi connectivity index (χ3n) is 2.56. The molecular weight excluding hydrogens is 336 g/mol. The van der Waals surface area contributed by atoms with Gasteiger partial charge in [0.15, 0.2) is 0 Å². The van der Waals surface area contributed by atoms with Crippen LogP contribution in [-0.4, -0.2) is 37.5 Å². The average Bonchev–Trinajstić information content (AvgIpc) is 2.39. The van der Waals surface area contributed by atoms with Crippen LogP contribution in [0.15, 0.2) is 34.4 Å². The van der Waals surface area contributed by atoms with Crippen molar-refractivity contribution in [3.63, 3.8) is 0 Å². The van der Waals surface area contributed by atoms with Crippen molar-refractivity contribution in [2.45, 2.75) is 13.8 Å². The van der Waals surface area contributed by atoms with E-state index in [0.29, 0.717) is 5.69 Å². The molecule has 0 fully saturated rings. The van der Waals surface area contributed by atoms with E-state index in [1.165, 1.54) is 6.20 Å².